The molecule has 4 rings (SSSR count). The number of aryl methyl sites for hydroxylation is 1. The number of hydrogen-bond donors (Lipinski definition) is 2. The van der Waals surface area contributed by atoms with Crippen molar-refractivity contribution in [2.45, 2.75) is 45.3 Å². The monoisotopic (exact) mass is 379 g/mol. The number of carboxylic acids is 1. The summed E-state index contributed by atoms with van der Waals surface area (Å²) in [4.78, 5) is 13.9. The summed E-state index contributed by atoms with van der Waals surface area (Å²) in [7, 11) is 2.10. The summed E-state index contributed by atoms with van der Waals surface area (Å²) in [6, 6.07) is 10.5. The van der Waals surface area contributed by atoms with Crippen LogP contribution in [0.3, 0.4) is 0 Å². The lowest BCUT2D eigenvalue weighted by Crippen LogP contribution is -2.36. The Labute approximate surface area is 164 Å². The second-order valence-electron chi connectivity index (χ2n) is 7.34. The van der Waals surface area contributed by atoms with Gasteiger partial charge in [0.15, 0.2) is 5.69 Å². The highest BCUT2D eigenvalue weighted by Gasteiger charge is 2.30. The Balaban J connectivity index is 1.54. The van der Waals surface area contributed by atoms with E-state index in [1.165, 1.54) is 0 Å². The van der Waals surface area contributed by atoms with E-state index >= 15 is 0 Å². The quantitative estimate of drug-likeness (QED) is 0.688. The van der Waals surface area contributed by atoms with Crippen LogP contribution in [0.2, 0.25) is 0 Å². The molecular formula is C21H25N5O2. The van der Waals surface area contributed by atoms with Gasteiger partial charge < -0.3 is 5.11 Å². The van der Waals surface area contributed by atoms with Gasteiger partial charge in [-0.25, -0.2) is 4.79 Å². The van der Waals surface area contributed by atoms with Crippen LogP contribution in [0.25, 0.3) is 11.3 Å². The zero-order chi connectivity index (χ0) is 19.7. The lowest BCUT2D eigenvalue weighted by molar-refractivity contribution is 0.0687. The minimum absolute atomic E-state index is 0.211. The first-order valence-corrected chi connectivity index (χ1v) is 9.68. The summed E-state index contributed by atoms with van der Waals surface area (Å²) < 4.78 is 1.85. The topological polar surface area (TPSA) is 87.0 Å². The lowest BCUT2D eigenvalue weighted by atomic mass is 9.90. The molecule has 1 aromatic carbocycles. The predicted molar refractivity (Wildman–Crippen MR) is 106 cm³/mol. The van der Waals surface area contributed by atoms with Crippen molar-refractivity contribution < 1.29 is 9.90 Å². The normalized spacial score (nSPS) is 16.3. The Morgan fingerprint density at radius 3 is 2.86 bits per heavy atom. The third-order valence-corrected chi connectivity index (χ3v) is 5.65. The molecule has 0 saturated carbocycles. The first-order valence-electron chi connectivity index (χ1n) is 9.68. The van der Waals surface area contributed by atoms with Gasteiger partial charge in [-0.2, -0.15) is 10.2 Å². The number of carboxylic acid groups (broad SMARTS) is 1. The maximum absolute atomic E-state index is 11.6. The number of likely N-dealkylation sites (N-methyl/N-ethyl adjacent to an activating group) is 1. The van der Waals surface area contributed by atoms with Crippen LogP contribution < -0.4 is 0 Å². The maximum Gasteiger partial charge on any atom is 0.356 e. The zero-order valence-corrected chi connectivity index (χ0v) is 16.2. The Kier molecular flexibility index (Phi) is 5.00. The van der Waals surface area contributed by atoms with Crippen molar-refractivity contribution >= 4 is 5.97 Å². The lowest BCUT2D eigenvalue weighted by Gasteiger charge is -2.31. The number of H-pyrrole nitrogens is 1. The van der Waals surface area contributed by atoms with Gasteiger partial charge in [0.1, 0.15) is 0 Å². The highest BCUT2D eigenvalue weighted by molar-refractivity contribution is 5.87. The Morgan fingerprint density at radius 2 is 2.14 bits per heavy atom. The predicted octanol–water partition coefficient (Wildman–Crippen LogP) is 2.98. The molecule has 0 fully saturated rings. The number of aromatic nitrogens is 4. The Hall–Kier alpha value is -2.93. The second kappa shape index (κ2) is 7.59. The van der Waals surface area contributed by atoms with Crippen LogP contribution in [0.5, 0.6) is 0 Å². The van der Waals surface area contributed by atoms with Crippen LogP contribution in [0.15, 0.2) is 36.5 Å². The largest absolute Gasteiger partial charge is 0.476 e. The first-order chi connectivity index (χ1) is 13.6. The molecule has 0 unspecified atom stereocenters. The molecule has 7 heteroatoms. The van der Waals surface area contributed by atoms with Gasteiger partial charge in [-0.15, -0.1) is 0 Å². The van der Waals surface area contributed by atoms with Gasteiger partial charge in [0.25, 0.3) is 0 Å². The molecular weight excluding hydrogens is 354 g/mol. The SMILES string of the molecule is CCn1nc(C(=O)O)c2c1CC[C@@H](N(C)Cc1cn[nH]c1-c1ccccc1)C2. The molecule has 0 aliphatic heterocycles. The van der Waals surface area contributed by atoms with Crippen LogP contribution in [0.1, 0.15) is 40.7 Å². The van der Waals surface area contributed by atoms with Crippen molar-refractivity contribution in [3.8, 4) is 11.3 Å². The van der Waals surface area contributed by atoms with Gasteiger partial charge in [0, 0.05) is 36.0 Å². The number of rotatable bonds is 6. The number of hydrogen-bond acceptors (Lipinski definition) is 4. The number of carbonyl (C=O) groups is 1. The molecule has 0 bridgehead atoms. The van der Waals surface area contributed by atoms with Crippen LogP contribution in [0.4, 0.5) is 0 Å². The van der Waals surface area contributed by atoms with Gasteiger partial charge in [-0.3, -0.25) is 14.7 Å². The van der Waals surface area contributed by atoms with E-state index in [2.05, 4.69) is 39.4 Å². The van der Waals surface area contributed by atoms with E-state index in [1.807, 2.05) is 36.0 Å². The van der Waals surface area contributed by atoms with Crippen molar-refractivity contribution in [3.63, 3.8) is 0 Å². The van der Waals surface area contributed by atoms with Gasteiger partial charge in [-0.1, -0.05) is 30.3 Å². The molecule has 0 saturated heterocycles. The van der Waals surface area contributed by atoms with Crippen molar-refractivity contribution in [3.05, 3.63) is 59.0 Å². The molecule has 1 atom stereocenters. The number of aromatic amines is 1. The molecule has 1 aliphatic carbocycles. The number of aromatic carboxylic acids is 1. The number of benzene rings is 1. The summed E-state index contributed by atoms with van der Waals surface area (Å²) in [5, 5.41) is 21.2. The van der Waals surface area contributed by atoms with Gasteiger partial charge in [-0.05, 0) is 38.8 Å². The minimum atomic E-state index is -0.937. The summed E-state index contributed by atoms with van der Waals surface area (Å²) in [5.41, 5.74) is 5.48. The van der Waals surface area contributed by atoms with Crippen molar-refractivity contribution in [2.75, 3.05) is 7.05 Å². The standard InChI is InChI=1S/C21H25N5O2/c1-3-26-18-10-9-16(11-17(18)20(24-26)21(27)28)25(2)13-15-12-22-23-19(15)14-7-5-4-6-8-14/h4-8,12,16H,3,9-11,13H2,1-2H3,(H,22,23)(H,27,28)/t16-/m1/s1. The molecule has 2 heterocycles. The van der Waals surface area contributed by atoms with E-state index < -0.39 is 5.97 Å². The molecule has 146 valence electrons. The fourth-order valence-corrected chi connectivity index (χ4v) is 4.16. The third-order valence-electron chi connectivity index (χ3n) is 5.65. The van der Waals surface area contributed by atoms with Gasteiger partial charge >= 0.3 is 5.97 Å². The molecule has 28 heavy (non-hydrogen) atoms. The molecule has 7 nitrogen and oxygen atoms in total. The Bertz CT molecular complexity index is 976. The average Bonchev–Trinajstić information content (AvgIpc) is 3.32. The van der Waals surface area contributed by atoms with Gasteiger partial charge in [0.05, 0.1) is 11.9 Å². The summed E-state index contributed by atoms with van der Waals surface area (Å²) in [5.74, 6) is -0.937. The molecule has 3 aromatic rings. The smallest absolute Gasteiger partial charge is 0.356 e. The van der Waals surface area contributed by atoms with E-state index in [0.29, 0.717) is 13.0 Å². The van der Waals surface area contributed by atoms with Crippen LogP contribution in [-0.4, -0.2) is 49.0 Å². The van der Waals surface area contributed by atoms with Crippen molar-refractivity contribution in [1.29, 1.82) is 0 Å². The van der Waals surface area contributed by atoms with E-state index in [4.69, 9.17) is 0 Å². The third kappa shape index (κ3) is 3.33. The van der Waals surface area contributed by atoms with E-state index in [-0.39, 0.29) is 11.7 Å². The fraction of sp³-hybridized carbons (Fsp3) is 0.381. The second-order valence-corrected chi connectivity index (χ2v) is 7.34. The molecule has 2 aromatic heterocycles. The fourth-order valence-electron chi connectivity index (χ4n) is 4.16. The zero-order valence-electron chi connectivity index (χ0n) is 16.2. The number of fused-ring (bicyclic) bond motifs is 1. The molecule has 0 amide bonds. The summed E-state index contributed by atoms with van der Waals surface area (Å²) in [6.07, 6.45) is 4.44. The van der Waals surface area contributed by atoms with Crippen LogP contribution in [-0.2, 0) is 25.9 Å². The molecule has 0 spiro atoms. The first kappa shape index (κ1) is 18.4. The summed E-state index contributed by atoms with van der Waals surface area (Å²) >= 11 is 0. The van der Waals surface area contributed by atoms with Gasteiger partial charge in [0.2, 0.25) is 0 Å². The highest BCUT2D eigenvalue weighted by Crippen LogP contribution is 2.29. The molecule has 0 radical (unpaired) electrons. The number of nitrogens with zero attached hydrogens (tertiary/aromatic N) is 4. The van der Waals surface area contributed by atoms with Crippen LogP contribution >= 0.6 is 0 Å². The van der Waals surface area contributed by atoms with E-state index in [0.717, 1.165) is 47.5 Å². The number of nitrogens with one attached hydrogen (secondary N) is 1. The Morgan fingerprint density at radius 1 is 1.36 bits per heavy atom. The maximum atomic E-state index is 11.6. The molecule has 1 aliphatic rings. The highest BCUT2D eigenvalue weighted by atomic mass is 16.4. The summed E-state index contributed by atoms with van der Waals surface area (Å²) in [6.45, 7) is 3.46. The van der Waals surface area contributed by atoms with E-state index in [9.17, 15) is 9.90 Å². The van der Waals surface area contributed by atoms with Crippen molar-refractivity contribution in [1.82, 2.24) is 24.9 Å². The average molecular weight is 379 g/mol. The minimum Gasteiger partial charge on any atom is -0.476 e. The van der Waals surface area contributed by atoms with Crippen molar-refractivity contribution in [2.24, 2.45) is 0 Å². The molecule has 2 N–H and O–H groups in total. The van der Waals surface area contributed by atoms with Crippen LogP contribution in [0, 0.1) is 0 Å². The van der Waals surface area contributed by atoms with E-state index in [1.54, 1.807) is 0 Å².